The molecule has 0 aliphatic heterocycles. The highest BCUT2D eigenvalue weighted by Crippen LogP contribution is 2.20. The van der Waals surface area contributed by atoms with Gasteiger partial charge in [-0.25, -0.2) is 13.1 Å². The van der Waals surface area contributed by atoms with Crippen molar-refractivity contribution in [1.29, 1.82) is 0 Å². The number of nitrogens with one attached hydrogen (secondary N) is 1. The van der Waals surface area contributed by atoms with Gasteiger partial charge in [0.1, 0.15) is 0 Å². The molecule has 0 atom stereocenters. The number of nitrogens with zero attached hydrogens (tertiary/aromatic N) is 2. The van der Waals surface area contributed by atoms with Crippen molar-refractivity contribution in [3.8, 4) is 0 Å². The van der Waals surface area contributed by atoms with Crippen LogP contribution in [0.4, 0.5) is 5.69 Å². The van der Waals surface area contributed by atoms with Gasteiger partial charge in [-0.15, -0.1) is 0 Å². The van der Waals surface area contributed by atoms with Crippen LogP contribution in [0.5, 0.6) is 0 Å². The lowest BCUT2D eigenvalue weighted by atomic mass is 10.2. The molecule has 2 rings (SSSR count). The van der Waals surface area contributed by atoms with Crippen molar-refractivity contribution in [2.45, 2.75) is 18.4 Å². The predicted octanol–water partition coefficient (Wildman–Crippen LogP) is 2.31. The van der Waals surface area contributed by atoms with Gasteiger partial charge >= 0.3 is 0 Å². The Kier molecular flexibility index (Phi) is 3.94. The summed E-state index contributed by atoms with van der Waals surface area (Å²) in [5.41, 5.74) is 2.79. The van der Waals surface area contributed by atoms with Gasteiger partial charge in [-0.05, 0) is 24.6 Å². The molecule has 0 spiro atoms. The van der Waals surface area contributed by atoms with Crippen LogP contribution in [0.25, 0.3) is 6.20 Å². The van der Waals surface area contributed by atoms with Gasteiger partial charge in [0.2, 0.25) is 0 Å². The average molecular weight is 291 g/mol. The lowest BCUT2D eigenvalue weighted by Crippen LogP contribution is -2.03. The summed E-state index contributed by atoms with van der Waals surface area (Å²) in [4.78, 5) is 0.312. The molecule has 1 heterocycles. The first-order valence-corrected chi connectivity index (χ1v) is 7.99. The zero-order chi connectivity index (χ0) is 14.8. The van der Waals surface area contributed by atoms with Crippen LogP contribution in [0.1, 0.15) is 11.1 Å². The van der Waals surface area contributed by atoms with Crippen molar-refractivity contribution in [1.82, 2.24) is 9.78 Å². The average Bonchev–Trinajstić information content (AvgIpc) is 2.84. The molecule has 6 heteroatoms. The maximum atomic E-state index is 11.6. The first-order valence-electron chi connectivity index (χ1n) is 6.10. The van der Waals surface area contributed by atoms with Crippen molar-refractivity contribution in [2.75, 3.05) is 11.6 Å². The summed E-state index contributed by atoms with van der Waals surface area (Å²) >= 11 is 0. The molecule has 5 nitrogen and oxygen atoms in total. The predicted molar refractivity (Wildman–Crippen MR) is 80.2 cm³/mol. The standard InChI is InChI=1S/C14H17N3O2S/c1-4-17-10-12(9-16-17)8-15-14-7-13(20(3,18)19)6-5-11(14)2/h4-7,9-10,15H,1,8H2,2-3H3. The number of anilines is 1. The summed E-state index contributed by atoms with van der Waals surface area (Å²) in [6.07, 6.45) is 6.41. The van der Waals surface area contributed by atoms with E-state index in [-0.39, 0.29) is 0 Å². The van der Waals surface area contributed by atoms with E-state index in [4.69, 9.17) is 0 Å². The third-order valence-corrected chi connectivity index (χ3v) is 4.07. The van der Waals surface area contributed by atoms with Gasteiger partial charge in [-0.3, -0.25) is 0 Å². The van der Waals surface area contributed by atoms with Crippen molar-refractivity contribution in [3.05, 3.63) is 48.3 Å². The number of aromatic nitrogens is 2. The molecule has 0 unspecified atom stereocenters. The van der Waals surface area contributed by atoms with E-state index in [2.05, 4.69) is 17.0 Å². The van der Waals surface area contributed by atoms with Crippen LogP contribution in [-0.2, 0) is 16.4 Å². The molecule has 0 saturated carbocycles. The van der Waals surface area contributed by atoms with Gasteiger partial charge in [0.15, 0.2) is 9.84 Å². The Labute approximate surface area is 118 Å². The molecule has 0 radical (unpaired) electrons. The second-order valence-electron chi connectivity index (χ2n) is 4.61. The van der Waals surface area contributed by atoms with Gasteiger partial charge in [-0.1, -0.05) is 12.6 Å². The fourth-order valence-electron chi connectivity index (χ4n) is 1.79. The molecule has 1 aromatic heterocycles. The number of hydrogen-bond donors (Lipinski definition) is 1. The molecular weight excluding hydrogens is 274 g/mol. The Morgan fingerprint density at radius 3 is 2.80 bits per heavy atom. The smallest absolute Gasteiger partial charge is 0.175 e. The van der Waals surface area contributed by atoms with Crippen LogP contribution >= 0.6 is 0 Å². The molecule has 0 aliphatic carbocycles. The zero-order valence-electron chi connectivity index (χ0n) is 11.5. The van der Waals surface area contributed by atoms with Crippen LogP contribution in [0, 0.1) is 6.92 Å². The van der Waals surface area contributed by atoms with E-state index in [0.717, 1.165) is 16.8 Å². The van der Waals surface area contributed by atoms with E-state index in [9.17, 15) is 8.42 Å². The first-order chi connectivity index (χ1) is 9.40. The molecule has 2 aromatic rings. The molecule has 106 valence electrons. The van der Waals surface area contributed by atoms with Crippen LogP contribution in [0.3, 0.4) is 0 Å². The van der Waals surface area contributed by atoms with Gasteiger partial charge < -0.3 is 5.32 Å². The van der Waals surface area contributed by atoms with Crippen LogP contribution in [0.15, 0.2) is 42.1 Å². The molecule has 0 aliphatic rings. The van der Waals surface area contributed by atoms with E-state index < -0.39 is 9.84 Å². The highest BCUT2D eigenvalue weighted by molar-refractivity contribution is 7.90. The minimum Gasteiger partial charge on any atom is -0.381 e. The number of sulfone groups is 1. The lowest BCUT2D eigenvalue weighted by Gasteiger charge is -2.10. The van der Waals surface area contributed by atoms with Crippen LogP contribution in [0.2, 0.25) is 0 Å². The Morgan fingerprint density at radius 1 is 1.45 bits per heavy atom. The Morgan fingerprint density at radius 2 is 2.20 bits per heavy atom. The van der Waals surface area contributed by atoms with Crippen molar-refractivity contribution in [2.24, 2.45) is 0 Å². The lowest BCUT2D eigenvalue weighted by molar-refractivity contribution is 0.602. The molecule has 20 heavy (non-hydrogen) atoms. The minimum atomic E-state index is -3.19. The second kappa shape index (κ2) is 5.50. The van der Waals surface area contributed by atoms with Crippen LogP contribution in [-0.4, -0.2) is 24.5 Å². The van der Waals surface area contributed by atoms with Gasteiger partial charge in [0, 0.05) is 36.4 Å². The topological polar surface area (TPSA) is 64.0 Å². The van der Waals surface area contributed by atoms with Crippen molar-refractivity contribution >= 4 is 21.7 Å². The highest BCUT2D eigenvalue weighted by atomic mass is 32.2. The van der Waals surface area contributed by atoms with E-state index >= 15 is 0 Å². The van der Waals surface area contributed by atoms with Gasteiger partial charge in [0.05, 0.1) is 11.1 Å². The quantitative estimate of drug-likeness (QED) is 0.918. The molecule has 0 saturated heterocycles. The van der Waals surface area contributed by atoms with E-state index in [0.29, 0.717) is 11.4 Å². The summed E-state index contributed by atoms with van der Waals surface area (Å²) < 4.78 is 24.7. The fourth-order valence-corrected chi connectivity index (χ4v) is 2.44. The fraction of sp³-hybridized carbons (Fsp3) is 0.214. The van der Waals surface area contributed by atoms with Crippen molar-refractivity contribution in [3.63, 3.8) is 0 Å². The van der Waals surface area contributed by atoms with E-state index in [1.165, 1.54) is 6.26 Å². The molecule has 0 bridgehead atoms. The molecule has 0 fully saturated rings. The normalized spacial score (nSPS) is 11.3. The SMILES string of the molecule is C=Cn1cc(CNc2cc(S(C)(=O)=O)ccc2C)cn1. The van der Waals surface area contributed by atoms with E-state index in [1.807, 2.05) is 13.1 Å². The summed E-state index contributed by atoms with van der Waals surface area (Å²) in [6.45, 7) is 6.13. The Balaban J connectivity index is 2.18. The number of benzene rings is 1. The number of aryl methyl sites for hydroxylation is 1. The molecule has 1 aromatic carbocycles. The number of hydrogen-bond acceptors (Lipinski definition) is 4. The molecule has 0 amide bonds. The third-order valence-electron chi connectivity index (χ3n) is 2.96. The maximum Gasteiger partial charge on any atom is 0.175 e. The van der Waals surface area contributed by atoms with Gasteiger partial charge in [-0.2, -0.15) is 5.10 Å². The number of rotatable bonds is 5. The second-order valence-corrected chi connectivity index (χ2v) is 6.63. The molecule has 1 N–H and O–H groups in total. The summed E-state index contributed by atoms with van der Waals surface area (Å²) in [5.74, 6) is 0. The summed E-state index contributed by atoms with van der Waals surface area (Å²) in [5, 5.41) is 7.32. The largest absolute Gasteiger partial charge is 0.381 e. The third kappa shape index (κ3) is 3.27. The Hall–Kier alpha value is -2.08. The van der Waals surface area contributed by atoms with Gasteiger partial charge in [0.25, 0.3) is 0 Å². The Bertz CT molecular complexity index is 733. The van der Waals surface area contributed by atoms with Crippen LogP contribution < -0.4 is 5.32 Å². The van der Waals surface area contributed by atoms with E-state index in [1.54, 1.807) is 35.3 Å². The highest BCUT2D eigenvalue weighted by Gasteiger charge is 2.09. The monoisotopic (exact) mass is 291 g/mol. The maximum absolute atomic E-state index is 11.6. The minimum absolute atomic E-state index is 0.312. The van der Waals surface area contributed by atoms with Crippen molar-refractivity contribution < 1.29 is 8.42 Å². The summed E-state index contributed by atoms with van der Waals surface area (Å²) in [6, 6.07) is 5.07. The summed E-state index contributed by atoms with van der Waals surface area (Å²) in [7, 11) is -3.19. The zero-order valence-corrected chi connectivity index (χ0v) is 12.3. The first kappa shape index (κ1) is 14.3. The molecular formula is C14H17N3O2S.